The standard InChI is InChI=1S/C12H24NO2.CH4O4S/c1-6-11(15-12(14)7-2)10-13(5,8-3)9-4;1-5-6(2,3)4/h7,11H,2,6,8-10H2,1,3-5H3;1H3,(H,2,3,4)/q+1;/p-1. The molecule has 0 aromatic rings. The Bertz CT molecular complexity index is 403. The Balaban J connectivity index is 0. The van der Waals surface area contributed by atoms with E-state index in [1.807, 2.05) is 6.92 Å². The normalized spacial score (nSPS) is 12.9. The summed E-state index contributed by atoms with van der Waals surface area (Å²) in [7, 11) is -1.42. The highest BCUT2D eigenvalue weighted by Gasteiger charge is 2.24. The third-order valence-corrected chi connectivity index (χ3v) is 3.69. The summed E-state index contributed by atoms with van der Waals surface area (Å²) in [6.45, 7) is 12.7. The van der Waals surface area contributed by atoms with E-state index in [1.54, 1.807) is 0 Å². The van der Waals surface area contributed by atoms with E-state index in [-0.39, 0.29) is 12.1 Å². The molecular weight excluding hydrogens is 298 g/mol. The largest absolute Gasteiger partial charge is 0.726 e. The van der Waals surface area contributed by atoms with Gasteiger partial charge in [-0.1, -0.05) is 13.5 Å². The molecule has 0 spiro atoms. The van der Waals surface area contributed by atoms with Crippen molar-refractivity contribution in [2.24, 2.45) is 0 Å². The second kappa shape index (κ2) is 10.7. The summed E-state index contributed by atoms with van der Waals surface area (Å²) in [4.78, 5) is 11.1. The zero-order valence-electron chi connectivity index (χ0n) is 13.5. The maximum absolute atomic E-state index is 11.1. The summed E-state index contributed by atoms with van der Waals surface area (Å²) < 4.78 is 37.2. The Labute approximate surface area is 128 Å². The fourth-order valence-electron chi connectivity index (χ4n) is 1.44. The molecule has 0 aliphatic rings. The number of esters is 1. The van der Waals surface area contributed by atoms with Crippen molar-refractivity contribution in [3.8, 4) is 0 Å². The molecule has 0 radical (unpaired) electrons. The van der Waals surface area contributed by atoms with Gasteiger partial charge in [0.1, 0.15) is 6.54 Å². The third kappa shape index (κ3) is 12.5. The van der Waals surface area contributed by atoms with Crippen LogP contribution in [0.4, 0.5) is 0 Å². The van der Waals surface area contributed by atoms with Crippen molar-refractivity contribution >= 4 is 16.4 Å². The summed E-state index contributed by atoms with van der Waals surface area (Å²) in [5.74, 6) is -0.319. The number of carbonyl (C=O) groups is 1. The molecule has 0 bridgehead atoms. The summed E-state index contributed by atoms with van der Waals surface area (Å²) in [6, 6.07) is 0. The highest BCUT2D eigenvalue weighted by Crippen LogP contribution is 2.09. The Morgan fingerprint density at radius 1 is 1.33 bits per heavy atom. The van der Waals surface area contributed by atoms with E-state index in [0.717, 1.165) is 37.6 Å². The number of quaternary nitrogens is 1. The van der Waals surface area contributed by atoms with Crippen molar-refractivity contribution in [1.82, 2.24) is 0 Å². The van der Waals surface area contributed by atoms with Gasteiger partial charge in [-0.2, -0.15) is 0 Å². The molecular formula is C13H27NO6S. The number of hydrogen-bond donors (Lipinski definition) is 0. The van der Waals surface area contributed by atoms with E-state index in [0.29, 0.717) is 0 Å². The van der Waals surface area contributed by atoms with Crippen LogP contribution in [0.3, 0.4) is 0 Å². The lowest BCUT2D eigenvalue weighted by atomic mass is 10.2. The third-order valence-electron chi connectivity index (χ3n) is 3.28. The Hall–Kier alpha value is -0.960. The van der Waals surface area contributed by atoms with Crippen molar-refractivity contribution in [3.05, 3.63) is 12.7 Å². The summed E-state index contributed by atoms with van der Waals surface area (Å²) in [5, 5.41) is 0. The zero-order valence-corrected chi connectivity index (χ0v) is 14.3. The maximum Gasteiger partial charge on any atom is 0.330 e. The first-order chi connectivity index (χ1) is 9.57. The van der Waals surface area contributed by atoms with Gasteiger partial charge in [0.15, 0.2) is 6.10 Å². The van der Waals surface area contributed by atoms with Crippen molar-refractivity contribution in [3.63, 3.8) is 0 Å². The van der Waals surface area contributed by atoms with Gasteiger partial charge in [-0.25, -0.2) is 13.2 Å². The van der Waals surface area contributed by atoms with Gasteiger partial charge in [-0.15, -0.1) is 0 Å². The van der Waals surface area contributed by atoms with Crippen LogP contribution >= 0.6 is 0 Å². The van der Waals surface area contributed by atoms with Crippen molar-refractivity contribution < 1.29 is 31.2 Å². The van der Waals surface area contributed by atoms with Crippen LogP contribution in [0.1, 0.15) is 27.2 Å². The Morgan fingerprint density at radius 3 is 2.00 bits per heavy atom. The van der Waals surface area contributed by atoms with Crippen molar-refractivity contribution in [1.29, 1.82) is 0 Å². The van der Waals surface area contributed by atoms with Gasteiger partial charge in [0, 0.05) is 6.08 Å². The molecule has 0 aromatic carbocycles. The lowest BCUT2D eigenvalue weighted by Crippen LogP contribution is -2.49. The van der Waals surface area contributed by atoms with Gasteiger partial charge in [0.2, 0.25) is 10.4 Å². The number of ether oxygens (including phenoxy) is 1. The fourth-order valence-corrected chi connectivity index (χ4v) is 1.44. The molecule has 0 N–H and O–H groups in total. The highest BCUT2D eigenvalue weighted by atomic mass is 32.3. The lowest BCUT2D eigenvalue weighted by Gasteiger charge is -2.34. The summed E-state index contributed by atoms with van der Waals surface area (Å²) in [5.41, 5.74) is 0. The molecule has 126 valence electrons. The highest BCUT2D eigenvalue weighted by molar-refractivity contribution is 7.80. The molecule has 8 heteroatoms. The Kier molecular flexibility index (Phi) is 11.4. The van der Waals surface area contributed by atoms with Crippen LogP contribution in [-0.4, -0.2) is 63.3 Å². The molecule has 0 aliphatic heterocycles. The molecule has 21 heavy (non-hydrogen) atoms. The number of hydrogen-bond acceptors (Lipinski definition) is 6. The molecule has 0 heterocycles. The predicted molar refractivity (Wildman–Crippen MR) is 79.2 cm³/mol. The monoisotopic (exact) mass is 325 g/mol. The average molecular weight is 325 g/mol. The van der Waals surface area contributed by atoms with Crippen molar-refractivity contribution in [2.45, 2.75) is 33.3 Å². The van der Waals surface area contributed by atoms with Crippen LogP contribution in [-0.2, 0) is 24.1 Å². The van der Waals surface area contributed by atoms with E-state index in [2.05, 4.69) is 31.7 Å². The maximum atomic E-state index is 11.1. The summed E-state index contributed by atoms with van der Waals surface area (Å²) >= 11 is 0. The van der Waals surface area contributed by atoms with Gasteiger partial charge in [-0.05, 0) is 20.3 Å². The molecule has 0 saturated heterocycles. The second-order valence-electron chi connectivity index (χ2n) is 4.68. The topological polar surface area (TPSA) is 92.7 Å². The quantitative estimate of drug-likeness (QED) is 0.218. The number of likely N-dealkylation sites (N-methyl/N-ethyl adjacent to an activating group) is 1. The number of rotatable bonds is 8. The van der Waals surface area contributed by atoms with E-state index in [4.69, 9.17) is 4.74 Å². The van der Waals surface area contributed by atoms with Gasteiger partial charge in [-0.3, -0.25) is 4.18 Å². The first-order valence-corrected chi connectivity index (χ1v) is 8.08. The van der Waals surface area contributed by atoms with E-state index >= 15 is 0 Å². The van der Waals surface area contributed by atoms with Crippen LogP contribution in [0.5, 0.6) is 0 Å². The molecule has 0 amide bonds. The molecule has 0 rings (SSSR count). The Morgan fingerprint density at radius 2 is 1.76 bits per heavy atom. The zero-order chi connectivity index (χ0) is 17.1. The molecule has 7 nitrogen and oxygen atoms in total. The minimum absolute atomic E-state index is 0.000370. The fraction of sp³-hybridized carbons (Fsp3) is 0.769. The van der Waals surface area contributed by atoms with Crippen LogP contribution in [0.2, 0.25) is 0 Å². The molecule has 0 aromatic heterocycles. The molecule has 1 unspecified atom stereocenters. The second-order valence-corrected chi connectivity index (χ2v) is 5.83. The van der Waals surface area contributed by atoms with Crippen LogP contribution in [0, 0.1) is 0 Å². The lowest BCUT2D eigenvalue weighted by molar-refractivity contribution is -0.908. The minimum Gasteiger partial charge on any atom is -0.726 e. The first-order valence-electron chi connectivity index (χ1n) is 6.75. The van der Waals surface area contributed by atoms with Crippen LogP contribution in [0.15, 0.2) is 12.7 Å². The number of nitrogens with zero attached hydrogens (tertiary/aromatic N) is 1. The van der Waals surface area contributed by atoms with E-state index < -0.39 is 10.4 Å². The van der Waals surface area contributed by atoms with E-state index in [1.165, 1.54) is 6.08 Å². The molecule has 0 aliphatic carbocycles. The SMILES string of the molecule is C=CC(=O)OC(CC)C[N+](C)(CC)CC.COS(=O)(=O)[O-]. The minimum atomic E-state index is -4.41. The van der Waals surface area contributed by atoms with E-state index in [9.17, 15) is 17.8 Å². The molecule has 1 atom stereocenters. The predicted octanol–water partition coefficient (Wildman–Crippen LogP) is 1.07. The van der Waals surface area contributed by atoms with Gasteiger partial charge in [0.25, 0.3) is 0 Å². The smallest absolute Gasteiger partial charge is 0.330 e. The molecule has 0 saturated carbocycles. The van der Waals surface area contributed by atoms with Crippen LogP contribution in [0.25, 0.3) is 0 Å². The average Bonchev–Trinajstić information content (AvgIpc) is 2.45. The van der Waals surface area contributed by atoms with Crippen molar-refractivity contribution in [2.75, 3.05) is 33.8 Å². The van der Waals surface area contributed by atoms with Gasteiger partial charge < -0.3 is 13.8 Å². The van der Waals surface area contributed by atoms with Gasteiger partial charge in [0.05, 0.1) is 27.2 Å². The van der Waals surface area contributed by atoms with Crippen LogP contribution < -0.4 is 0 Å². The number of carbonyl (C=O) groups excluding carboxylic acids is 1. The first kappa shape index (κ1) is 22.3. The van der Waals surface area contributed by atoms with Gasteiger partial charge >= 0.3 is 5.97 Å². The summed E-state index contributed by atoms with van der Waals surface area (Å²) in [6.07, 6.45) is 2.08. The molecule has 0 fully saturated rings.